The lowest BCUT2D eigenvalue weighted by Crippen LogP contribution is -1.97. The molecule has 1 atom stereocenters. The first-order chi connectivity index (χ1) is 8.72. The molecule has 2 rings (SSSR count). The molecule has 0 amide bonds. The van der Waals surface area contributed by atoms with Gasteiger partial charge in [-0.2, -0.15) is 0 Å². The first-order valence-corrected chi connectivity index (χ1v) is 6.25. The number of rotatable bonds is 4. The molecule has 2 nitrogen and oxygen atoms in total. The monoisotopic (exact) mass is 242 g/mol. The minimum Gasteiger partial charge on any atom is -0.457 e. The number of aliphatic hydroxyl groups is 1. The Balaban J connectivity index is 2.34. The first-order valence-electron chi connectivity index (χ1n) is 6.25. The van der Waals surface area contributed by atoms with Crippen molar-refractivity contribution in [1.82, 2.24) is 0 Å². The van der Waals surface area contributed by atoms with Crippen LogP contribution in [0, 0.1) is 0 Å². The van der Waals surface area contributed by atoms with Gasteiger partial charge in [-0.3, -0.25) is 0 Å². The maximum Gasteiger partial charge on any atom is 0.133 e. The van der Waals surface area contributed by atoms with Crippen LogP contribution in [0.1, 0.15) is 31.1 Å². The molecule has 2 heteroatoms. The zero-order valence-electron chi connectivity index (χ0n) is 10.8. The largest absolute Gasteiger partial charge is 0.457 e. The second kappa shape index (κ2) is 5.69. The zero-order valence-corrected chi connectivity index (χ0v) is 10.8. The fraction of sp³-hybridized carbons (Fsp3) is 0.250. The maximum atomic E-state index is 9.73. The SMILES string of the molecule is CCc1ccccc1Oc1ccccc1[C@@H](C)O. The Morgan fingerprint density at radius 3 is 2.28 bits per heavy atom. The average Bonchev–Trinajstić information content (AvgIpc) is 2.40. The van der Waals surface area contributed by atoms with Crippen molar-refractivity contribution >= 4 is 0 Å². The molecule has 94 valence electrons. The Kier molecular flexibility index (Phi) is 4.00. The second-order valence-corrected chi connectivity index (χ2v) is 4.28. The van der Waals surface area contributed by atoms with Crippen molar-refractivity contribution in [3.05, 3.63) is 59.7 Å². The normalized spacial score (nSPS) is 12.2. The summed E-state index contributed by atoms with van der Waals surface area (Å²) in [6, 6.07) is 15.6. The van der Waals surface area contributed by atoms with Gasteiger partial charge in [0.15, 0.2) is 0 Å². The Morgan fingerprint density at radius 2 is 1.61 bits per heavy atom. The van der Waals surface area contributed by atoms with E-state index in [1.54, 1.807) is 6.92 Å². The summed E-state index contributed by atoms with van der Waals surface area (Å²) in [4.78, 5) is 0. The van der Waals surface area contributed by atoms with Crippen LogP contribution in [0.4, 0.5) is 0 Å². The average molecular weight is 242 g/mol. The lowest BCUT2D eigenvalue weighted by Gasteiger charge is -2.14. The highest BCUT2D eigenvalue weighted by Gasteiger charge is 2.10. The summed E-state index contributed by atoms with van der Waals surface area (Å²) in [6.07, 6.45) is 0.391. The Bertz CT molecular complexity index is 518. The molecule has 0 aliphatic heterocycles. The van der Waals surface area contributed by atoms with Gasteiger partial charge in [-0.1, -0.05) is 43.3 Å². The van der Waals surface area contributed by atoms with Crippen LogP contribution in [0.3, 0.4) is 0 Å². The van der Waals surface area contributed by atoms with Crippen molar-refractivity contribution in [2.75, 3.05) is 0 Å². The molecule has 0 spiro atoms. The molecule has 0 fully saturated rings. The van der Waals surface area contributed by atoms with Crippen molar-refractivity contribution in [3.63, 3.8) is 0 Å². The standard InChI is InChI=1S/C16H18O2/c1-3-13-8-4-6-10-15(13)18-16-11-7-5-9-14(16)12(2)17/h4-12,17H,3H2,1-2H3/t12-/m1/s1. The fourth-order valence-electron chi connectivity index (χ4n) is 1.93. The third kappa shape index (κ3) is 2.71. The third-order valence-corrected chi connectivity index (χ3v) is 2.94. The van der Waals surface area contributed by atoms with Crippen LogP contribution in [0.5, 0.6) is 11.5 Å². The smallest absolute Gasteiger partial charge is 0.133 e. The van der Waals surface area contributed by atoms with Crippen molar-refractivity contribution in [2.24, 2.45) is 0 Å². The number of hydrogen-bond acceptors (Lipinski definition) is 2. The topological polar surface area (TPSA) is 29.5 Å². The van der Waals surface area contributed by atoms with E-state index in [4.69, 9.17) is 4.74 Å². The summed E-state index contributed by atoms with van der Waals surface area (Å²) in [6.45, 7) is 3.84. The van der Waals surface area contributed by atoms with Crippen LogP contribution in [-0.4, -0.2) is 5.11 Å². The molecule has 0 radical (unpaired) electrons. The minimum atomic E-state index is -0.532. The van der Waals surface area contributed by atoms with Gasteiger partial charge in [-0.15, -0.1) is 0 Å². The highest BCUT2D eigenvalue weighted by molar-refractivity contribution is 5.42. The van der Waals surface area contributed by atoms with E-state index in [-0.39, 0.29) is 0 Å². The first kappa shape index (κ1) is 12.7. The second-order valence-electron chi connectivity index (χ2n) is 4.28. The summed E-state index contributed by atoms with van der Waals surface area (Å²) in [5, 5.41) is 9.73. The summed E-state index contributed by atoms with van der Waals surface area (Å²) in [7, 11) is 0. The van der Waals surface area contributed by atoms with E-state index in [9.17, 15) is 5.11 Å². The van der Waals surface area contributed by atoms with Gasteiger partial charge in [0.1, 0.15) is 11.5 Å². The molecule has 0 bridgehead atoms. The molecule has 0 unspecified atom stereocenters. The van der Waals surface area contributed by atoms with Crippen molar-refractivity contribution in [1.29, 1.82) is 0 Å². The quantitative estimate of drug-likeness (QED) is 0.874. The van der Waals surface area contributed by atoms with E-state index in [2.05, 4.69) is 13.0 Å². The van der Waals surface area contributed by atoms with Crippen LogP contribution in [0.15, 0.2) is 48.5 Å². The van der Waals surface area contributed by atoms with Gasteiger partial charge in [-0.25, -0.2) is 0 Å². The molecule has 2 aromatic rings. The fourth-order valence-corrected chi connectivity index (χ4v) is 1.93. The number of aryl methyl sites for hydroxylation is 1. The molecule has 0 saturated heterocycles. The van der Waals surface area contributed by atoms with Crippen LogP contribution in [0.25, 0.3) is 0 Å². The van der Waals surface area contributed by atoms with Crippen molar-refractivity contribution in [3.8, 4) is 11.5 Å². The number of benzene rings is 2. The Labute approximate surface area is 108 Å². The number of para-hydroxylation sites is 2. The molecule has 0 aromatic heterocycles. The predicted molar refractivity (Wildman–Crippen MR) is 73.0 cm³/mol. The molecule has 0 saturated carbocycles. The summed E-state index contributed by atoms with van der Waals surface area (Å²) >= 11 is 0. The van der Waals surface area contributed by atoms with Crippen LogP contribution in [0.2, 0.25) is 0 Å². The van der Waals surface area contributed by atoms with Crippen LogP contribution in [-0.2, 0) is 6.42 Å². The third-order valence-electron chi connectivity index (χ3n) is 2.94. The van der Waals surface area contributed by atoms with Gasteiger partial charge in [-0.05, 0) is 31.0 Å². The minimum absolute atomic E-state index is 0.532. The maximum absolute atomic E-state index is 9.73. The van der Waals surface area contributed by atoms with Gasteiger partial charge in [0.2, 0.25) is 0 Å². The molecule has 18 heavy (non-hydrogen) atoms. The van der Waals surface area contributed by atoms with E-state index in [1.807, 2.05) is 42.5 Å². The van der Waals surface area contributed by atoms with Gasteiger partial charge < -0.3 is 9.84 Å². The molecule has 0 heterocycles. The lowest BCUT2D eigenvalue weighted by molar-refractivity contribution is 0.195. The van der Waals surface area contributed by atoms with E-state index in [1.165, 1.54) is 0 Å². The zero-order chi connectivity index (χ0) is 13.0. The van der Waals surface area contributed by atoms with Crippen LogP contribution >= 0.6 is 0 Å². The highest BCUT2D eigenvalue weighted by Crippen LogP contribution is 2.31. The van der Waals surface area contributed by atoms with Crippen LogP contribution < -0.4 is 4.74 Å². The summed E-state index contributed by atoms with van der Waals surface area (Å²) < 4.78 is 5.93. The van der Waals surface area contributed by atoms with E-state index in [0.29, 0.717) is 5.75 Å². The highest BCUT2D eigenvalue weighted by atomic mass is 16.5. The molecular weight excluding hydrogens is 224 g/mol. The molecule has 1 N–H and O–H groups in total. The van der Waals surface area contributed by atoms with Crippen molar-refractivity contribution in [2.45, 2.75) is 26.4 Å². The number of aliphatic hydroxyl groups excluding tert-OH is 1. The van der Waals surface area contributed by atoms with E-state index in [0.717, 1.165) is 23.3 Å². The molecule has 0 aliphatic rings. The number of ether oxygens (including phenoxy) is 1. The Hall–Kier alpha value is -1.80. The predicted octanol–water partition coefficient (Wildman–Crippen LogP) is 4.09. The van der Waals surface area contributed by atoms with Gasteiger partial charge in [0, 0.05) is 5.56 Å². The van der Waals surface area contributed by atoms with E-state index >= 15 is 0 Å². The van der Waals surface area contributed by atoms with Gasteiger partial charge in [0.05, 0.1) is 6.10 Å². The summed E-state index contributed by atoms with van der Waals surface area (Å²) in [5.74, 6) is 1.57. The van der Waals surface area contributed by atoms with Gasteiger partial charge in [0.25, 0.3) is 0 Å². The summed E-state index contributed by atoms with van der Waals surface area (Å²) in [5.41, 5.74) is 1.97. The van der Waals surface area contributed by atoms with Gasteiger partial charge >= 0.3 is 0 Å². The molecule has 0 aliphatic carbocycles. The lowest BCUT2D eigenvalue weighted by atomic mass is 10.1. The number of hydrogen-bond donors (Lipinski definition) is 1. The molecule has 2 aromatic carbocycles. The Morgan fingerprint density at radius 1 is 1.00 bits per heavy atom. The van der Waals surface area contributed by atoms with E-state index < -0.39 is 6.10 Å². The van der Waals surface area contributed by atoms with Crippen molar-refractivity contribution < 1.29 is 9.84 Å². The molecular formula is C16H18O2.